The van der Waals surface area contributed by atoms with Crippen molar-refractivity contribution in [1.29, 1.82) is 0 Å². The fourth-order valence-electron chi connectivity index (χ4n) is 2.75. The van der Waals surface area contributed by atoms with Gasteiger partial charge in [0.05, 0.1) is 6.04 Å². The highest BCUT2D eigenvalue weighted by Gasteiger charge is 2.18. The van der Waals surface area contributed by atoms with Crippen LogP contribution in [0.3, 0.4) is 0 Å². The SMILES string of the molecule is C[C@@H](C(=O)Nc1ccc2ccccc2c1)N(C)CCOc1ccc(Cl)cc1. The number of carbonyl (C=O) groups excluding carboxylic acids is 1. The van der Waals surface area contributed by atoms with E-state index in [-0.39, 0.29) is 11.9 Å². The van der Waals surface area contributed by atoms with E-state index in [0.717, 1.165) is 22.2 Å². The van der Waals surface area contributed by atoms with Crippen LogP contribution in [0.5, 0.6) is 5.75 Å². The first kappa shape index (κ1) is 19.2. The number of amides is 1. The molecule has 0 heterocycles. The smallest absolute Gasteiger partial charge is 0.241 e. The lowest BCUT2D eigenvalue weighted by Gasteiger charge is -2.24. The van der Waals surface area contributed by atoms with Crippen LogP contribution in [0.25, 0.3) is 10.8 Å². The Morgan fingerprint density at radius 1 is 1.07 bits per heavy atom. The van der Waals surface area contributed by atoms with Gasteiger partial charge >= 0.3 is 0 Å². The third-order valence-corrected chi connectivity index (χ3v) is 4.84. The Kier molecular flexibility index (Phi) is 6.32. The second-order valence-corrected chi connectivity index (χ2v) is 6.95. The Labute approximate surface area is 164 Å². The molecule has 4 nitrogen and oxygen atoms in total. The van der Waals surface area contributed by atoms with Crippen molar-refractivity contribution in [3.8, 4) is 5.75 Å². The van der Waals surface area contributed by atoms with E-state index < -0.39 is 0 Å². The van der Waals surface area contributed by atoms with Gasteiger partial charge in [-0.05, 0) is 61.1 Å². The Bertz CT molecular complexity index is 912. The van der Waals surface area contributed by atoms with Gasteiger partial charge in [-0.1, -0.05) is 41.9 Å². The highest BCUT2D eigenvalue weighted by molar-refractivity contribution is 6.30. The van der Waals surface area contributed by atoms with Crippen LogP contribution in [0.4, 0.5) is 5.69 Å². The number of nitrogens with one attached hydrogen (secondary N) is 1. The summed E-state index contributed by atoms with van der Waals surface area (Å²) >= 11 is 5.86. The summed E-state index contributed by atoms with van der Waals surface area (Å²) in [4.78, 5) is 14.5. The lowest BCUT2D eigenvalue weighted by atomic mass is 10.1. The molecule has 0 aliphatic carbocycles. The van der Waals surface area contributed by atoms with Gasteiger partial charge in [-0.2, -0.15) is 0 Å². The number of anilines is 1. The Balaban J connectivity index is 1.51. The molecule has 3 aromatic rings. The molecular weight excluding hydrogens is 360 g/mol. The Morgan fingerprint density at radius 3 is 2.52 bits per heavy atom. The summed E-state index contributed by atoms with van der Waals surface area (Å²) in [6.07, 6.45) is 0. The lowest BCUT2D eigenvalue weighted by Crippen LogP contribution is -2.41. The van der Waals surface area contributed by atoms with Crippen molar-refractivity contribution >= 4 is 34.0 Å². The zero-order chi connectivity index (χ0) is 19.2. The number of ether oxygens (including phenoxy) is 1. The molecular formula is C22H23ClN2O2. The van der Waals surface area contributed by atoms with E-state index in [9.17, 15) is 4.79 Å². The molecule has 0 fully saturated rings. The summed E-state index contributed by atoms with van der Waals surface area (Å²) in [5.41, 5.74) is 0.802. The van der Waals surface area contributed by atoms with Crippen LogP contribution in [0.1, 0.15) is 6.92 Å². The van der Waals surface area contributed by atoms with Gasteiger partial charge in [-0.3, -0.25) is 9.69 Å². The minimum Gasteiger partial charge on any atom is -0.492 e. The van der Waals surface area contributed by atoms with Gasteiger partial charge in [-0.25, -0.2) is 0 Å². The van der Waals surface area contributed by atoms with E-state index in [0.29, 0.717) is 18.2 Å². The first-order valence-electron chi connectivity index (χ1n) is 8.91. The molecule has 0 saturated carbocycles. The quantitative estimate of drug-likeness (QED) is 0.636. The number of rotatable bonds is 7. The van der Waals surface area contributed by atoms with Gasteiger partial charge < -0.3 is 10.1 Å². The highest BCUT2D eigenvalue weighted by Crippen LogP contribution is 2.19. The lowest BCUT2D eigenvalue weighted by molar-refractivity contribution is -0.120. The van der Waals surface area contributed by atoms with Gasteiger partial charge in [0.15, 0.2) is 0 Å². The molecule has 0 saturated heterocycles. The van der Waals surface area contributed by atoms with Crippen LogP contribution in [0.2, 0.25) is 5.02 Å². The van der Waals surface area contributed by atoms with Crippen LogP contribution in [-0.2, 0) is 4.79 Å². The molecule has 0 aliphatic heterocycles. The summed E-state index contributed by atoms with van der Waals surface area (Å²) in [5.74, 6) is 0.723. The Morgan fingerprint density at radius 2 is 1.78 bits per heavy atom. The average Bonchev–Trinajstić information content (AvgIpc) is 2.68. The molecule has 3 rings (SSSR count). The third kappa shape index (κ3) is 5.22. The van der Waals surface area contributed by atoms with Crippen molar-refractivity contribution in [3.63, 3.8) is 0 Å². The highest BCUT2D eigenvalue weighted by atomic mass is 35.5. The molecule has 1 N–H and O–H groups in total. The van der Waals surface area contributed by atoms with Gasteiger partial charge in [0.1, 0.15) is 12.4 Å². The number of benzene rings is 3. The van der Waals surface area contributed by atoms with Gasteiger partial charge in [0.25, 0.3) is 0 Å². The number of nitrogens with zero attached hydrogens (tertiary/aromatic N) is 1. The fourth-order valence-corrected chi connectivity index (χ4v) is 2.87. The van der Waals surface area contributed by atoms with E-state index in [4.69, 9.17) is 16.3 Å². The zero-order valence-corrected chi connectivity index (χ0v) is 16.2. The second kappa shape index (κ2) is 8.89. The maximum Gasteiger partial charge on any atom is 0.241 e. The molecule has 0 aromatic heterocycles. The van der Waals surface area contributed by atoms with Crippen LogP contribution in [0.15, 0.2) is 66.7 Å². The largest absolute Gasteiger partial charge is 0.492 e. The molecule has 1 atom stereocenters. The maximum absolute atomic E-state index is 12.6. The van der Waals surface area contributed by atoms with Crippen LogP contribution in [-0.4, -0.2) is 37.0 Å². The van der Waals surface area contributed by atoms with Gasteiger partial charge in [0, 0.05) is 17.3 Å². The summed E-state index contributed by atoms with van der Waals surface area (Å²) in [5, 5.41) is 5.93. The third-order valence-electron chi connectivity index (χ3n) is 4.58. The number of halogens is 1. The Hall–Kier alpha value is -2.56. The molecule has 0 bridgehead atoms. The number of fused-ring (bicyclic) bond motifs is 1. The molecule has 3 aromatic carbocycles. The van der Waals surface area contributed by atoms with Crippen molar-refractivity contribution in [2.45, 2.75) is 13.0 Å². The van der Waals surface area contributed by atoms with Crippen LogP contribution >= 0.6 is 11.6 Å². The molecule has 0 unspecified atom stereocenters. The molecule has 0 aliphatic rings. The van der Waals surface area contributed by atoms with Gasteiger partial charge in [-0.15, -0.1) is 0 Å². The predicted molar refractivity (Wildman–Crippen MR) is 112 cm³/mol. The number of hydrogen-bond acceptors (Lipinski definition) is 3. The minimum atomic E-state index is -0.273. The van der Waals surface area contributed by atoms with Crippen molar-refractivity contribution in [1.82, 2.24) is 4.90 Å². The van der Waals surface area contributed by atoms with Gasteiger partial charge in [0.2, 0.25) is 5.91 Å². The van der Waals surface area contributed by atoms with E-state index in [1.807, 2.05) is 67.4 Å². The topological polar surface area (TPSA) is 41.6 Å². The van der Waals surface area contributed by atoms with Crippen LogP contribution in [0, 0.1) is 0 Å². The van der Waals surface area contributed by atoms with Crippen molar-refractivity contribution in [2.75, 3.05) is 25.5 Å². The normalized spacial score (nSPS) is 12.1. The number of hydrogen-bond donors (Lipinski definition) is 1. The first-order valence-corrected chi connectivity index (χ1v) is 9.29. The number of carbonyl (C=O) groups is 1. The van der Waals surface area contributed by atoms with Crippen molar-refractivity contribution in [2.24, 2.45) is 0 Å². The van der Waals surface area contributed by atoms with Crippen molar-refractivity contribution in [3.05, 3.63) is 71.8 Å². The van der Waals surface area contributed by atoms with E-state index in [1.54, 1.807) is 12.1 Å². The van der Waals surface area contributed by atoms with Crippen LogP contribution < -0.4 is 10.1 Å². The van der Waals surface area contributed by atoms with E-state index in [2.05, 4.69) is 11.4 Å². The minimum absolute atomic E-state index is 0.0423. The standard InChI is InChI=1S/C22H23ClN2O2/c1-16(25(2)13-14-27-21-11-8-19(23)9-12-21)22(26)24-20-10-7-17-5-3-4-6-18(17)15-20/h3-12,15-16H,13-14H2,1-2H3,(H,24,26)/t16-/m0/s1. The first-order chi connectivity index (χ1) is 13.0. The summed E-state index contributed by atoms with van der Waals surface area (Å²) in [6, 6.07) is 21.0. The monoisotopic (exact) mass is 382 g/mol. The summed E-state index contributed by atoms with van der Waals surface area (Å²) in [6.45, 7) is 3.01. The summed E-state index contributed by atoms with van der Waals surface area (Å²) in [7, 11) is 1.91. The molecule has 27 heavy (non-hydrogen) atoms. The van der Waals surface area contributed by atoms with E-state index >= 15 is 0 Å². The molecule has 0 radical (unpaired) electrons. The fraction of sp³-hybridized carbons (Fsp3) is 0.227. The molecule has 0 spiro atoms. The second-order valence-electron chi connectivity index (χ2n) is 6.51. The zero-order valence-electron chi connectivity index (χ0n) is 15.5. The predicted octanol–water partition coefficient (Wildman–Crippen LogP) is 4.83. The summed E-state index contributed by atoms with van der Waals surface area (Å²) < 4.78 is 5.70. The number of likely N-dealkylation sites (N-methyl/N-ethyl adjacent to an activating group) is 1. The maximum atomic E-state index is 12.6. The average molecular weight is 383 g/mol. The molecule has 1 amide bonds. The van der Waals surface area contributed by atoms with E-state index in [1.165, 1.54) is 0 Å². The van der Waals surface area contributed by atoms with Crippen molar-refractivity contribution < 1.29 is 9.53 Å². The molecule has 140 valence electrons. The molecule has 5 heteroatoms.